The molecule has 0 radical (unpaired) electrons. The second-order valence-electron chi connectivity index (χ2n) is 5.79. The molecule has 0 unspecified atom stereocenters. The molecule has 0 bridgehead atoms. The van der Waals surface area contributed by atoms with Gasteiger partial charge in [-0.1, -0.05) is 35.8 Å². The van der Waals surface area contributed by atoms with Crippen molar-refractivity contribution in [3.8, 4) is 0 Å². The second kappa shape index (κ2) is 7.97. The van der Waals surface area contributed by atoms with Gasteiger partial charge >= 0.3 is 0 Å². The predicted octanol–water partition coefficient (Wildman–Crippen LogP) is 4.89. The molecule has 2 rings (SSSR count). The molecule has 2 nitrogen and oxygen atoms in total. The summed E-state index contributed by atoms with van der Waals surface area (Å²) in [6.45, 7) is 7.37. The van der Waals surface area contributed by atoms with Gasteiger partial charge in [-0.2, -0.15) is 11.3 Å². The van der Waals surface area contributed by atoms with Crippen molar-refractivity contribution < 1.29 is 0 Å². The highest BCUT2D eigenvalue weighted by molar-refractivity contribution is 9.10. The Morgan fingerprint density at radius 3 is 2.76 bits per heavy atom. The monoisotopic (exact) mass is 366 g/mol. The summed E-state index contributed by atoms with van der Waals surface area (Å²) < 4.78 is 1.13. The first-order valence-corrected chi connectivity index (χ1v) is 9.01. The van der Waals surface area contributed by atoms with Gasteiger partial charge in [0.05, 0.1) is 0 Å². The lowest BCUT2D eigenvalue weighted by atomic mass is 10.1. The molecule has 2 aromatic rings. The van der Waals surface area contributed by atoms with Crippen LogP contribution in [-0.2, 0) is 13.1 Å². The summed E-state index contributed by atoms with van der Waals surface area (Å²) in [5.74, 6) is 0.674. The summed E-state index contributed by atoms with van der Waals surface area (Å²) in [4.78, 5) is 2.32. The van der Waals surface area contributed by atoms with E-state index in [1.165, 1.54) is 16.8 Å². The fourth-order valence-corrected chi connectivity index (χ4v) is 3.29. The smallest absolute Gasteiger partial charge is 0.0434 e. The Kier molecular flexibility index (Phi) is 6.27. The molecule has 0 aliphatic carbocycles. The molecule has 0 amide bonds. The third-order valence-electron chi connectivity index (χ3n) is 3.33. The van der Waals surface area contributed by atoms with Gasteiger partial charge in [-0.15, -0.1) is 0 Å². The van der Waals surface area contributed by atoms with Gasteiger partial charge in [-0.05, 0) is 52.5 Å². The number of rotatable bonds is 7. The molecule has 0 atom stereocenters. The van der Waals surface area contributed by atoms with E-state index < -0.39 is 0 Å². The van der Waals surface area contributed by atoms with Crippen LogP contribution in [0.1, 0.15) is 25.0 Å². The number of thiophene rings is 1. The maximum atomic E-state index is 3.59. The van der Waals surface area contributed by atoms with Crippen LogP contribution in [0.4, 0.5) is 5.69 Å². The average molecular weight is 367 g/mol. The Balaban J connectivity index is 2.10. The lowest BCUT2D eigenvalue weighted by Crippen LogP contribution is -2.22. The number of nitrogens with one attached hydrogen (secondary N) is 1. The third kappa shape index (κ3) is 5.13. The lowest BCUT2D eigenvalue weighted by Gasteiger charge is -2.23. The van der Waals surface area contributed by atoms with Gasteiger partial charge < -0.3 is 10.2 Å². The van der Waals surface area contributed by atoms with E-state index in [1.54, 1.807) is 11.3 Å². The van der Waals surface area contributed by atoms with Gasteiger partial charge in [0.25, 0.3) is 0 Å². The van der Waals surface area contributed by atoms with Crippen molar-refractivity contribution in [2.24, 2.45) is 5.92 Å². The first-order valence-electron chi connectivity index (χ1n) is 7.27. The van der Waals surface area contributed by atoms with Gasteiger partial charge in [0, 0.05) is 30.3 Å². The van der Waals surface area contributed by atoms with E-state index in [9.17, 15) is 0 Å². The van der Waals surface area contributed by atoms with Crippen LogP contribution in [0.2, 0.25) is 0 Å². The Hall–Kier alpha value is -0.840. The highest BCUT2D eigenvalue weighted by Crippen LogP contribution is 2.26. The van der Waals surface area contributed by atoms with Crippen LogP contribution >= 0.6 is 27.3 Å². The number of anilines is 1. The zero-order chi connectivity index (χ0) is 15.2. The molecule has 0 fully saturated rings. The summed E-state index contributed by atoms with van der Waals surface area (Å²) >= 11 is 5.34. The highest BCUT2D eigenvalue weighted by atomic mass is 79.9. The quantitative estimate of drug-likeness (QED) is 0.749. The van der Waals surface area contributed by atoms with Gasteiger partial charge in [0.1, 0.15) is 0 Å². The van der Waals surface area contributed by atoms with Gasteiger partial charge in [-0.25, -0.2) is 0 Å². The minimum Gasteiger partial charge on any atom is -0.370 e. The van der Waals surface area contributed by atoms with Crippen molar-refractivity contribution in [3.63, 3.8) is 0 Å². The van der Waals surface area contributed by atoms with Crippen molar-refractivity contribution in [1.29, 1.82) is 0 Å². The van der Waals surface area contributed by atoms with Crippen LogP contribution in [-0.4, -0.2) is 13.6 Å². The maximum Gasteiger partial charge on any atom is 0.0434 e. The molecule has 0 saturated heterocycles. The zero-order valence-electron chi connectivity index (χ0n) is 12.9. The van der Waals surface area contributed by atoms with E-state index >= 15 is 0 Å². The fraction of sp³-hybridized carbons (Fsp3) is 0.412. The van der Waals surface area contributed by atoms with Gasteiger partial charge in [0.15, 0.2) is 0 Å². The van der Waals surface area contributed by atoms with Gasteiger partial charge in [-0.3, -0.25) is 0 Å². The third-order valence-corrected chi connectivity index (χ3v) is 4.55. The number of benzene rings is 1. The van der Waals surface area contributed by atoms with E-state index in [-0.39, 0.29) is 0 Å². The Morgan fingerprint density at radius 1 is 1.29 bits per heavy atom. The van der Waals surface area contributed by atoms with Gasteiger partial charge in [0.2, 0.25) is 0 Å². The first kappa shape index (κ1) is 16.5. The highest BCUT2D eigenvalue weighted by Gasteiger charge is 2.09. The normalized spacial score (nSPS) is 11.1. The summed E-state index contributed by atoms with van der Waals surface area (Å²) in [5, 5.41) is 7.88. The molecule has 1 N–H and O–H groups in total. The average Bonchev–Trinajstić information content (AvgIpc) is 2.92. The van der Waals surface area contributed by atoms with E-state index in [1.807, 2.05) is 0 Å². The predicted molar refractivity (Wildman–Crippen MR) is 97.1 cm³/mol. The van der Waals surface area contributed by atoms with Crippen molar-refractivity contribution in [2.45, 2.75) is 26.9 Å². The number of nitrogens with zero attached hydrogens (tertiary/aromatic N) is 1. The largest absolute Gasteiger partial charge is 0.370 e. The fourth-order valence-electron chi connectivity index (χ4n) is 2.28. The molecule has 0 spiro atoms. The number of hydrogen-bond acceptors (Lipinski definition) is 3. The zero-order valence-corrected chi connectivity index (χ0v) is 15.3. The summed E-state index contributed by atoms with van der Waals surface area (Å²) in [5.41, 5.74) is 3.99. The molecule has 1 aromatic heterocycles. The lowest BCUT2D eigenvalue weighted by molar-refractivity contribution is 0.552. The molecule has 0 aliphatic rings. The molecular weight excluding hydrogens is 344 g/mol. The minimum atomic E-state index is 0.674. The Bertz CT molecular complexity index is 552. The minimum absolute atomic E-state index is 0.674. The topological polar surface area (TPSA) is 15.3 Å². The molecule has 0 aliphatic heterocycles. The van der Waals surface area contributed by atoms with Crippen LogP contribution in [0.3, 0.4) is 0 Å². The molecule has 114 valence electrons. The SMILES string of the molecule is CC(C)CNCc1ccc(Br)cc1N(C)Cc1ccsc1. The molecule has 1 heterocycles. The van der Waals surface area contributed by atoms with E-state index in [0.717, 1.165) is 24.1 Å². The van der Waals surface area contributed by atoms with E-state index in [0.29, 0.717) is 5.92 Å². The second-order valence-corrected chi connectivity index (χ2v) is 7.48. The van der Waals surface area contributed by atoms with Crippen LogP contribution in [0.5, 0.6) is 0 Å². The maximum absolute atomic E-state index is 3.59. The van der Waals surface area contributed by atoms with Crippen molar-refractivity contribution in [1.82, 2.24) is 5.32 Å². The van der Waals surface area contributed by atoms with Crippen molar-refractivity contribution in [2.75, 3.05) is 18.5 Å². The summed E-state index contributed by atoms with van der Waals surface area (Å²) in [6.07, 6.45) is 0. The van der Waals surface area contributed by atoms with Crippen LogP contribution < -0.4 is 10.2 Å². The number of hydrogen-bond donors (Lipinski definition) is 1. The molecule has 1 aromatic carbocycles. The molecule has 0 saturated carbocycles. The van der Waals surface area contributed by atoms with Crippen LogP contribution in [0, 0.1) is 5.92 Å². The van der Waals surface area contributed by atoms with Crippen LogP contribution in [0.15, 0.2) is 39.5 Å². The standard InChI is InChI=1S/C17H23BrN2S/c1-13(2)9-19-10-15-4-5-16(18)8-17(15)20(3)11-14-6-7-21-12-14/h4-8,12-13,19H,9-11H2,1-3H3. The first-order chi connectivity index (χ1) is 10.1. The molecule has 21 heavy (non-hydrogen) atoms. The summed E-state index contributed by atoms with van der Waals surface area (Å²) in [7, 11) is 2.16. The van der Waals surface area contributed by atoms with Crippen molar-refractivity contribution >= 4 is 33.0 Å². The molecular formula is C17H23BrN2S. The van der Waals surface area contributed by atoms with Crippen LogP contribution in [0.25, 0.3) is 0 Å². The van der Waals surface area contributed by atoms with E-state index in [4.69, 9.17) is 0 Å². The van der Waals surface area contributed by atoms with Crippen molar-refractivity contribution in [3.05, 3.63) is 50.6 Å². The summed E-state index contributed by atoms with van der Waals surface area (Å²) in [6, 6.07) is 8.72. The Morgan fingerprint density at radius 2 is 2.10 bits per heavy atom. The molecule has 4 heteroatoms. The van der Waals surface area contributed by atoms with E-state index in [2.05, 4.69) is 82.1 Å². The number of halogens is 1. The Labute approximate surface area is 140 Å².